The van der Waals surface area contributed by atoms with Crippen LogP contribution in [0.1, 0.15) is 33.9 Å². The number of fused-ring (bicyclic) bond motifs is 2. The van der Waals surface area contributed by atoms with Crippen LogP contribution >= 0.6 is 0 Å². The van der Waals surface area contributed by atoms with Crippen LogP contribution in [-0.2, 0) is 11.3 Å². The van der Waals surface area contributed by atoms with Crippen molar-refractivity contribution >= 4 is 22.6 Å². The van der Waals surface area contributed by atoms with Crippen molar-refractivity contribution in [2.45, 2.75) is 19.0 Å². The van der Waals surface area contributed by atoms with Crippen LogP contribution in [0.15, 0.2) is 60.9 Å². The lowest BCUT2D eigenvalue weighted by atomic mass is 10.0. The highest BCUT2D eigenvalue weighted by Crippen LogP contribution is 2.28. The van der Waals surface area contributed by atoms with Crippen molar-refractivity contribution in [2.75, 3.05) is 7.05 Å². The fourth-order valence-corrected chi connectivity index (χ4v) is 3.48. The second-order valence-corrected chi connectivity index (χ2v) is 6.58. The minimum Gasteiger partial charge on any atom is -0.345 e. The Morgan fingerprint density at radius 2 is 2.00 bits per heavy atom. The van der Waals surface area contributed by atoms with Crippen LogP contribution in [0.3, 0.4) is 0 Å². The maximum absolute atomic E-state index is 12.7. The van der Waals surface area contributed by atoms with E-state index in [1.165, 1.54) is 0 Å². The molecule has 1 aromatic heterocycles. The third-order valence-electron chi connectivity index (χ3n) is 4.87. The maximum atomic E-state index is 12.7. The van der Waals surface area contributed by atoms with Gasteiger partial charge in [0.2, 0.25) is 5.91 Å². The summed E-state index contributed by atoms with van der Waals surface area (Å²) in [6, 6.07) is 15.2. The summed E-state index contributed by atoms with van der Waals surface area (Å²) in [5, 5.41) is 5.06. The number of amides is 2. The number of benzene rings is 2. The molecule has 2 aromatic carbocycles. The average molecular weight is 345 g/mol. The quantitative estimate of drug-likeness (QED) is 0.790. The van der Waals surface area contributed by atoms with E-state index in [0.717, 1.165) is 21.9 Å². The first-order valence-electron chi connectivity index (χ1n) is 8.59. The third kappa shape index (κ3) is 2.92. The summed E-state index contributed by atoms with van der Waals surface area (Å²) in [7, 11) is 1.80. The van der Waals surface area contributed by atoms with Gasteiger partial charge in [0.25, 0.3) is 5.91 Å². The molecule has 1 atom stereocenters. The Morgan fingerprint density at radius 1 is 1.15 bits per heavy atom. The number of carbonyl (C=O) groups is 2. The maximum Gasteiger partial charge on any atom is 0.252 e. The molecule has 0 aliphatic carbocycles. The van der Waals surface area contributed by atoms with Crippen LogP contribution in [0.5, 0.6) is 0 Å². The standard InChI is InChI=1S/C21H19N3O2/c1-24(13-15-6-4-5-14-12-22-10-9-16(14)15)20(25)11-19-17-7-2-3-8-18(17)21(26)23-19/h2-10,12,19H,11,13H2,1H3,(H,23,26)/t19-/m0/s1. The van der Waals surface area contributed by atoms with E-state index in [0.29, 0.717) is 12.1 Å². The fraction of sp³-hybridized carbons (Fsp3) is 0.190. The summed E-state index contributed by atoms with van der Waals surface area (Å²) < 4.78 is 0. The van der Waals surface area contributed by atoms with Crippen LogP contribution in [0.25, 0.3) is 10.8 Å². The zero-order valence-corrected chi connectivity index (χ0v) is 14.5. The summed E-state index contributed by atoms with van der Waals surface area (Å²) in [6.07, 6.45) is 3.84. The van der Waals surface area contributed by atoms with Crippen molar-refractivity contribution in [2.24, 2.45) is 0 Å². The molecule has 0 unspecified atom stereocenters. The van der Waals surface area contributed by atoms with Crippen molar-refractivity contribution < 1.29 is 9.59 Å². The fourth-order valence-electron chi connectivity index (χ4n) is 3.48. The van der Waals surface area contributed by atoms with Crippen LogP contribution in [0.4, 0.5) is 0 Å². The van der Waals surface area contributed by atoms with E-state index in [1.807, 2.05) is 48.7 Å². The summed E-state index contributed by atoms with van der Waals surface area (Å²) in [4.78, 5) is 30.6. The number of rotatable bonds is 4. The highest BCUT2D eigenvalue weighted by atomic mass is 16.2. The number of hydrogen-bond donors (Lipinski definition) is 1. The Labute approximate surface area is 151 Å². The molecule has 0 fully saturated rings. The average Bonchev–Trinajstić information content (AvgIpc) is 2.98. The van der Waals surface area contributed by atoms with Gasteiger partial charge < -0.3 is 10.2 Å². The summed E-state index contributed by atoms with van der Waals surface area (Å²) in [5.74, 6) is -0.110. The van der Waals surface area contributed by atoms with Crippen LogP contribution in [-0.4, -0.2) is 28.7 Å². The molecule has 0 saturated carbocycles. The van der Waals surface area contributed by atoms with Gasteiger partial charge in [-0.05, 0) is 28.6 Å². The van der Waals surface area contributed by atoms with E-state index in [4.69, 9.17) is 0 Å². The minimum absolute atomic E-state index is 0.00179. The number of hydrogen-bond acceptors (Lipinski definition) is 3. The Morgan fingerprint density at radius 3 is 2.88 bits per heavy atom. The van der Waals surface area contributed by atoms with E-state index >= 15 is 0 Å². The Hall–Kier alpha value is -3.21. The zero-order valence-electron chi connectivity index (χ0n) is 14.5. The first-order valence-corrected chi connectivity index (χ1v) is 8.59. The van der Waals surface area contributed by atoms with Crippen LogP contribution < -0.4 is 5.32 Å². The summed E-state index contributed by atoms with van der Waals surface area (Å²) in [6.45, 7) is 0.516. The molecule has 1 aliphatic rings. The van der Waals surface area contributed by atoms with Crippen LogP contribution in [0, 0.1) is 0 Å². The lowest BCUT2D eigenvalue weighted by Gasteiger charge is -2.21. The molecule has 2 heterocycles. The van der Waals surface area contributed by atoms with Crippen molar-refractivity contribution in [3.05, 3.63) is 77.6 Å². The number of pyridine rings is 1. The van der Waals surface area contributed by atoms with E-state index in [1.54, 1.807) is 24.2 Å². The van der Waals surface area contributed by atoms with Gasteiger partial charge in [-0.15, -0.1) is 0 Å². The van der Waals surface area contributed by atoms with Gasteiger partial charge in [0.05, 0.1) is 12.5 Å². The van der Waals surface area contributed by atoms with Crippen LogP contribution in [0.2, 0.25) is 0 Å². The van der Waals surface area contributed by atoms with Gasteiger partial charge in [-0.2, -0.15) is 0 Å². The molecular formula is C21H19N3O2. The number of aromatic nitrogens is 1. The van der Waals surface area contributed by atoms with Gasteiger partial charge in [0.1, 0.15) is 0 Å². The van der Waals surface area contributed by atoms with Crippen molar-refractivity contribution in [3.63, 3.8) is 0 Å². The molecule has 0 saturated heterocycles. The highest BCUT2D eigenvalue weighted by Gasteiger charge is 2.30. The molecule has 1 N–H and O–H groups in total. The Balaban J connectivity index is 1.50. The summed E-state index contributed by atoms with van der Waals surface area (Å²) >= 11 is 0. The molecule has 0 spiro atoms. The second-order valence-electron chi connectivity index (χ2n) is 6.58. The molecule has 0 bridgehead atoms. The van der Waals surface area contributed by atoms with E-state index < -0.39 is 0 Å². The van der Waals surface area contributed by atoms with Crippen molar-refractivity contribution in [1.82, 2.24) is 15.2 Å². The first-order chi connectivity index (χ1) is 12.6. The summed E-state index contributed by atoms with van der Waals surface area (Å²) in [5.41, 5.74) is 2.64. The van der Waals surface area contributed by atoms with Crippen molar-refractivity contribution in [1.29, 1.82) is 0 Å². The number of nitrogens with zero attached hydrogens (tertiary/aromatic N) is 2. The molecular weight excluding hydrogens is 326 g/mol. The lowest BCUT2D eigenvalue weighted by Crippen LogP contribution is -2.30. The van der Waals surface area contributed by atoms with Gasteiger partial charge >= 0.3 is 0 Å². The van der Waals surface area contributed by atoms with Crippen molar-refractivity contribution in [3.8, 4) is 0 Å². The molecule has 5 heteroatoms. The van der Waals surface area contributed by atoms with E-state index in [9.17, 15) is 9.59 Å². The number of carbonyl (C=O) groups excluding carboxylic acids is 2. The topological polar surface area (TPSA) is 62.3 Å². The second kappa shape index (κ2) is 6.59. The highest BCUT2D eigenvalue weighted by molar-refractivity contribution is 5.99. The van der Waals surface area contributed by atoms with Gasteiger partial charge in [-0.25, -0.2) is 0 Å². The van der Waals surface area contributed by atoms with Gasteiger partial charge in [-0.3, -0.25) is 14.6 Å². The van der Waals surface area contributed by atoms with E-state index in [-0.39, 0.29) is 24.3 Å². The third-order valence-corrected chi connectivity index (χ3v) is 4.87. The molecule has 26 heavy (non-hydrogen) atoms. The molecule has 5 nitrogen and oxygen atoms in total. The van der Waals surface area contributed by atoms with E-state index in [2.05, 4.69) is 10.3 Å². The first kappa shape index (κ1) is 16.3. The molecule has 4 rings (SSSR count). The smallest absolute Gasteiger partial charge is 0.252 e. The predicted octanol–water partition coefficient (Wildman–Crippen LogP) is 3.07. The molecule has 0 radical (unpaired) electrons. The predicted molar refractivity (Wildman–Crippen MR) is 99.5 cm³/mol. The molecule has 3 aromatic rings. The zero-order chi connectivity index (χ0) is 18.1. The van der Waals surface area contributed by atoms with Gasteiger partial charge in [0.15, 0.2) is 0 Å². The SMILES string of the molecule is CN(Cc1cccc2cnccc12)C(=O)C[C@@H]1NC(=O)c2ccccc21. The minimum atomic E-state index is -0.259. The lowest BCUT2D eigenvalue weighted by molar-refractivity contribution is -0.130. The molecule has 1 aliphatic heterocycles. The Bertz CT molecular complexity index is 994. The Kier molecular flexibility index (Phi) is 4.13. The number of nitrogens with one attached hydrogen (secondary N) is 1. The molecule has 2 amide bonds. The molecule has 130 valence electrons. The largest absolute Gasteiger partial charge is 0.345 e. The monoisotopic (exact) mass is 345 g/mol. The van der Waals surface area contributed by atoms with Gasteiger partial charge in [-0.1, -0.05) is 36.4 Å². The normalized spacial score (nSPS) is 15.6. The van der Waals surface area contributed by atoms with Gasteiger partial charge in [0, 0.05) is 36.9 Å².